The fraction of sp³-hybridized carbons (Fsp3) is 0.379. The van der Waals surface area contributed by atoms with Gasteiger partial charge in [-0.15, -0.1) is 0 Å². The van der Waals surface area contributed by atoms with Crippen LogP contribution in [0.5, 0.6) is 0 Å². The molecule has 0 aliphatic carbocycles. The number of fused-ring (bicyclic) bond motifs is 1. The SMILES string of the molecule is CO[C@@]1(C(O)CC2CCCCN2C)c2c(cccc2-c2ccc(Cl)cc2)C(=O)N1Cc1ccc(Cl)cn1. The zero-order valence-corrected chi connectivity index (χ0v) is 22.5. The highest BCUT2D eigenvalue weighted by molar-refractivity contribution is 6.30. The largest absolute Gasteiger partial charge is 0.388 e. The molecule has 3 heterocycles. The maximum atomic E-state index is 14.0. The van der Waals surface area contributed by atoms with Gasteiger partial charge in [0.05, 0.1) is 17.3 Å². The summed E-state index contributed by atoms with van der Waals surface area (Å²) >= 11 is 12.2. The van der Waals surface area contributed by atoms with Crippen molar-refractivity contribution >= 4 is 29.1 Å². The van der Waals surface area contributed by atoms with Gasteiger partial charge in [0.25, 0.3) is 5.91 Å². The average molecular weight is 540 g/mol. The topological polar surface area (TPSA) is 65.9 Å². The molecule has 2 unspecified atom stereocenters. The molecule has 5 rings (SSSR count). The van der Waals surface area contributed by atoms with E-state index >= 15 is 0 Å². The van der Waals surface area contributed by atoms with E-state index in [4.69, 9.17) is 27.9 Å². The summed E-state index contributed by atoms with van der Waals surface area (Å²) in [4.78, 5) is 22.3. The molecule has 0 radical (unpaired) electrons. The number of carbonyl (C=O) groups excluding carboxylic acids is 1. The van der Waals surface area contributed by atoms with Gasteiger partial charge < -0.3 is 14.7 Å². The molecule has 1 fully saturated rings. The van der Waals surface area contributed by atoms with E-state index < -0.39 is 11.8 Å². The first-order valence-corrected chi connectivity index (χ1v) is 13.4. The van der Waals surface area contributed by atoms with Crippen molar-refractivity contribution in [2.75, 3.05) is 20.7 Å². The lowest BCUT2D eigenvalue weighted by molar-refractivity contribution is -0.192. The zero-order chi connectivity index (χ0) is 26.2. The lowest BCUT2D eigenvalue weighted by Crippen LogP contribution is -2.55. The summed E-state index contributed by atoms with van der Waals surface area (Å²) in [5.41, 5.74) is 2.16. The van der Waals surface area contributed by atoms with Gasteiger partial charge in [-0.05, 0) is 74.3 Å². The van der Waals surface area contributed by atoms with Gasteiger partial charge in [0.2, 0.25) is 0 Å². The highest BCUT2D eigenvalue weighted by atomic mass is 35.5. The number of halogens is 2. The first kappa shape index (κ1) is 26.1. The average Bonchev–Trinajstić information content (AvgIpc) is 3.15. The number of aliphatic hydroxyl groups is 1. The number of hydrogen-bond donors (Lipinski definition) is 1. The number of benzene rings is 2. The number of amides is 1. The molecule has 0 bridgehead atoms. The highest BCUT2D eigenvalue weighted by Crippen LogP contribution is 2.49. The summed E-state index contributed by atoms with van der Waals surface area (Å²) in [6.07, 6.45) is 4.31. The molecular formula is C29H31Cl2N3O3. The molecule has 2 aliphatic heterocycles. The molecule has 2 aromatic carbocycles. The summed E-state index contributed by atoms with van der Waals surface area (Å²) in [5, 5.41) is 13.2. The summed E-state index contributed by atoms with van der Waals surface area (Å²) in [7, 11) is 3.66. The van der Waals surface area contributed by atoms with Crippen molar-refractivity contribution in [2.45, 2.75) is 50.1 Å². The van der Waals surface area contributed by atoms with Gasteiger partial charge in [0, 0.05) is 35.5 Å². The normalized spacial score (nSPS) is 22.8. The molecule has 6 nitrogen and oxygen atoms in total. The molecule has 1 N–H and O–H groups in total. The third-order valence-corrected chi connectivity index (χ3v) is 8.22. The Morgan fingerprint density at radius 3 is 2.49 bits per heavy atom. The second-order valence-electron chi connectivity index (χ2n) is 9.88. The molecule has 1 aromatic heterocycles. The maximum absolute atomic E-state index is 14.0. The van der Waals surface area contributed by atoms with Gasteiger partial charge in [0.1, 0.15) is 6.10 Å². The second kappa shape index (κ2) is 10.7. The summed E-state index contributed by atoms with van der Waals surface area (Å²) in [5.74, 6) is -0.208. The van der Waals surface area contributed by atoms with Crippen molar-refractivity contribution in [3.63, 3.8) is 0 Å². The molecule has 2 aliphatic rings. The highest BCUT2D eigenvalue weighted by Gasteiger charge is 2.56. The van der Waals surface area contributed by atoms with E-state index in [-0.39, 0.29) is 18.5 Å². The van der Waals surface area contributed by atoms with Gasteiger partial charge in [-0.3, -0.25) is 14.7 Å². The first-order valence-electron chi connectivity index (χ1n) is 12.6. The van der Waals surface area contributed by atoms with Crippen molar-refractivity contribution < 1.29 is 14.6 Å². The predicted octanol–water partition coefficient (Wildman–Crippen LogP) is 5.75. The van der Waals surface area contributed by atoms with Crippen molar-refractivity contribution in [3.8, 4) is 11.1 Å². The Morgan fingerprint density at radius 2 is 1.81 bits per heavy atom. The lowest BCUT2D eigenvalue weighted by atomic mass is 9.84. The molecule has 0 saturated carbocycles. The van der Waals surface area contributed by atoms with Gasteiger partial charge in [-0.2, -0.15) is 0 Å². The van der Waals surface area contributed by atoms with Crippen LogP contribution in [0.3, 0.4) is 0 Å². The lowest BCUT2D eigenvalue weighted by Gasteiger charge is -2.44. The van der Waals surface area contributed by atoms with E-state index in [0.29, 0.717) is 33.3 Å². The number of piperidine rings is 1. The summed E-state index contributed by atoms with van der Waals surface area (Å²) in [6, 6.07) is 16.9. The van der Waals surface area contributed by atoms with Gasteiger partial charge in [0.15, 0.2) is 5.72 Å². The number of pyridine rings is 1. The van der Waals surface area contributed by atoms with Crippen LogP contribution >= 0.6 is 23.2 Å². The maximum Gasteiger partial charge on any atom is 0.257 e. The molecule has 3 aromatic rings. The molecule has 37 heavy (non-hydrogen) atoms. The fourth-order valence-corrected chi connectivity index (χ4v) is 6.06. The molecule has 1 saturated heterocycles. The van der Waals surface area contributed by atoms with Gasteiger partial charge in [-0.1, -0.05) is 53.9 Å². The minimum absolute atomic E-state index is 0.163. The monoisotopic (exact) mass is 539 g/mol. The molecular weight excluding hydrogens is 509 g/mol. The Balaban J connectivity index is 1.65. The van der Waals surface area contributed by atoms with E-state index in [1.54, 1.807) is 36.4 Å². The fourth-order valence-electron chi connectivity index (χ4n) is 5.82. The van der Waals surface area contributed by atoms with Crippen LogP contribution in [-0.4, -0.2) is 58.6 Å². The Hall–Kier alpha value is -2.48. The van der Waals surface area contributed by atoms with Crippen LogP contribution in [-0.2, 0) is 17.0 Å². The summed E-state index contributed by atoms with van der Waals surface area (Å²) < 4.78 is 6.29. The number of ether oxygens (including phenoxy) is 1. The van der Waals surface area contributed by atoms with Crippen molar-refractivity contribution in [1.29, 1.82) is 0 Å². The number of carbonyl (C=O) groups is 1. The van der Waals surface area contributed by atoms with Crippen LogP contribution < -0.4 is 0 Å². The molecule has 1 amide bonds. The van der Waals surface area contributed by atoms with Crippen molar-refractivity contribution in [3.05, 3.63) is 87.7 Å². The van der Waals surface area contributed by atoms with Crippen LogP contribution in [0, 0.1) is 0 Å². The third-order valence-electron chi connectivity index (χ3n) is 7.74. The minimum Gasteiger partial charge on any atom is -0.388 e. The smallest absolute Gasteiger partial charge is 0.257 e. The van der Waals surface area contributed by atoms with Crippen LogP contribution in [0.15, 0.2) is 60.8 Å². The van der Waals surface area contributed by atoms with Gasteiger partial charge >= 0.3 is 0 Å². The van der Waals surface area contributed by atoms with Gasteiger partial charge in [-0.25, -0.2) is 0 Å². The number of likely N-dealkylation sites (tertiary alicyclic amines) is 1. The molecule has 3 atom stereocenters. The number of hydrogen-bond acceptors (Lipinski definition) is 5. The zero-order valence-electron chi connectivity index (χ0n) is 21.0. The third kappa shape index (κ3) is 4.77. The van der Waals surface area contributed by atoms with E-state index in [1.807, 2.05) is 36.4 Å². The first-order chi connectivity index (χ1) is 17.8. The van der Waals surface area contributed by atoms with E-state index in [0.717, 1.165) is 36.9 Å². The Bertz CT molecular complexity index is 1270. The van der Waals surface area contributed by atoms with Crippen molar-refractivity contribution in [2.24, 2.45) is 0 Å². The number of nitrogens with zero attached hydrogens (tertiary/aromatic N) is 3. The molecule has 194 valence electrons. The standard InChI is InChI=1S/C29H31Cl2N3O3/c1-33-15-4-3-6-23(33)16-26(35)29(37-2)27-24(19-9-11-20(30)12-10-19)7-5-8-25(27)28(36)34(29)18-22-14-13-21(31)17-32-22/h5,7-14,17,23,26,35H,3-4,6,15-16,18H2,1-2H3/t23?,26?,29-/m0/s1. The molecule has 0 spiro atoms. The Labute approximate surface area is 227 Å². The van der Waals surface area contributed by atoms with E-state index in [2.05, 4.69) is 16.9 Å². The number of aliphatic hydroxyl groups excluding tert-OH is 1. The Kier molecular flexibility index (Phi) is 7.57. The van der Waals surface area contributed by atoms with E-state index in [1.165, 1.54) is 0 Å². The summed E-state index contributed by atoms with van der Waals surface area (Å²) in [6.45, 7) is 1.15. The van der Waals surface area contributed by atoms with Crippen LogP contribution in [0.1, 0.15) is 47.3 Å². The molecule has 8 heteroatoms. The van der Waals surface area contributed by atoms with Crippen LogP contribution in [0.2, 0.25) is 10.0 Å². The number of rotatable bonds is 7. The van der Waals surface area contributed by atoms with Crippen LogP contribution in [0.25, 0.3) is 11.1 Å². The number of methoxy groups -OCH3 is 1. The van der Waals surface area contributed by atoms with Crippen LogP contribution in [0.4, 0.5) is 0 Å². The number of aromatic nitrogens is 1. The predicted molar refractivity (Wildman–Crippen MR) is 146 cm³/mol. The second-order valence-corrected chi connectivity index (χ2v) is 10.7. The minimum atomic E-state index is -1.40. The van der Waals surface area contributed by atoms with E-state index in [9.17, 15) is 9.90 Å². The van der Waals surface area contributed by atoms with Crippen molar-refractivity contribution in [1.82, 2.24) is 14.8 Å². The quantitative estimate of drug-likeness (QED) is 0.414. The Morgan fingerprint density at radius 1 is 1.08 bits per heavy atom.